The van der Waals surface area contributed by atoms with E-state index in [1.54, 1.807) is 67.8 Å². The zero-order valence-corrected chi connectivity index (χ0v) is 21.7. The minimum Gasteiger partial charge on any atom is -0.497 e. The maximum atomic E-state index is 13.6. The Kier molecular flexibility index (Phi) is 8.47. The molecule has 3 aromatic rings. The number of urea groups is 1. The van der Waals surface area contributed by atoms with Crippen LogP contribution in [-0.4, -0.2) is 49.6 Å². The molecule has 0 aromatic heterocycles. The Bertz CT molecular complexity index is 1280. The van der Waals surface area contributed by atoms with Gasteiger partial charge in [0.2, 0.25) is 5.91 Å². The molecule has 198 valence electrons. The highest BCUT2D eigenvalue weighted by atomic mass is 16.5. The second-order valence-corrected chi connectivity index (χ2v) is 8.77. The Hall–Kier alpha value is -4.53. The van der Waals surface area contributed by atoms with Gasteiger partial charge in [-0.25, -0.2) is 9.69 Å². The van der Waals surface area contributed by atoms with E-state index in [4.69, 9.17) is 14.2 Å². The molecule has 9 nitrogen and oxygen atoms in total. The van der Waals surface area contributed by atoms with Crippen molar-refractivity contribution in [1.29, 1.82) is 0 Å². The van der Waals surface area contributed by atoms with Crippen molar-refractivity contribution in [3.63, 3.8) is 0 Å². The fourth-order valence-corrected chi connectivity index (χ4v) is 4.17. The van der Waals surface area contributed by atoms with E-state index in [0.29, 0.717) is 35.2 Å². The molecule has 1 atom stereocenters. The Labute approximate surface area is 221 Å². The van der Waals surface area contributed by atoms with Crippen LogP contribution in [0.5, 0.6) is 17.2 Å². The van der Waals surface area contributed by atoms with Crippen molar-refractivity contribution in [2.45, 2.75) is 32.4 Å². The number of carbonyl (C=O) groups is 3. The first-order valence-electron chi connectivity index (χ1n) is 12.4. The van der Waals surface area contributed by atoms with Crippen molar-refractivity contribution in [1.82, 2.24) is 4.90 Å². The van der Waals surface area contributed by atoms with Crippen molar-refractivity contribution in [2.24, 2.45) is 0 Å². The summed E-state index contributed by atoms with van der Waals surface area (Å²) in [5.41, 5.74) is 1.75. The number of benzene rings is 3. The number of methoxy groups -OCH3 is 2. The fraction of sp³-hybridized carbons (Fsp3) is 0.276. The summed E-state index contributed by atoms with van der Waals surface area (Å²) in [5, 5.41) is 2.82. The standard InChI is InChI=1S/C29H31N3O6/c1-4-16-38-24-14-10-21(11-15-24)30-27(33)18-26-28(34)32(22-6-5-7-25(17-22)37-3)29(35)31(26)19-20-8-12-23(36-2)13-9-20/h5-15,17,26H,4,16,18-19H2,1-3H3,(H,30,33)/t26-/m0/s1. The van der Waals surface area contributed by atoms with Crippen LogP contribution in [0.4, 0.5) is 16.2 Å². The Balaban J connectivity index is 1.55. The van der Waals surface area contributed by atoms with Crippen molar-refractivity contribution in [3.05, 3.63) is 78.4 Å². The Morgan fingerprint density at radius 3 is 2.24 bits per heavy atom. The number of nitrogens with zero attached hydrogens (tertiary/aromatic N) is 2. The third kappa shape index (κ3) is 6.05. The summed E-state index contributed by atoms with van der Waals surface area (Å²) in [7, 11) is 3.09. The molecule has 9 heteroatoms. The lowest BCUT2D eigenvalue weighted by Gasteiger charge is -2.22. The van der Waals surface area contributed by atoms with Crippen LogP contribution in [0, 0.1) is 0 Å². The highest BCUT2D eigenvalue weighted by Gasteiger charge is 2.46. The largest absolute Gasteiger partial charge is 0.497 e. The molecule has 38 heavy (non-hydrogen) atoms. The molecule has 1 N–H and O–H groups in total. The van der Waals surface area contributed by atoms with Crippen LogP contribution >= 0.6 is 0 Å². The van der Waals surface area contributed by atoms with Crippen LogP contribution in [0.3, 0.4) is 0 Å². The van der Waals surface area contributed by atoms with Gasteiger partial charge in [-0.1, -0.05) is 25.1 Å². The number of rotatable bonds is 11. The average Bonchev–Trinajstić information content (AvgIpc) is 3.16. The van der Waals surface area contributed by atoms with Crippen LogP contribution in [0.2, 0.25) is 0 Å². The molecule has 1 saturated heterocycles. The van der Waals surface area contributed by atoms with E-state index < -0.39 is 18.0 Å². The second-order valence-electron chi connectivity index (χ2n) is 8.77. The van der Waals surface area contributed by atoms with Gasteiger partial charge in [-0.3, -0.25) is 9.59 Å². The summed E-state index contributed by atoms with van der Waals surface area (Å²) in [4.78, 5) is 42.6. The topological polar surface area (TPSA) is 97.4 Å². The molecular formula is C29H31N3O6. The van der Waals surface area contributed by atoms with Crippen molar-refractivity contribution < 1.29 is 28.6 Å². The van der Waals surface area contributed by atoms with E-state index in [9.17, 15) is 14.4 Å². The third-order valence-electron chi connectivity index (χ3n) is 6.13. The molecule has 1 heterocycles. The predicted molar refractivity (Wildman–Crippen MR) is 144 cm³/mol. The number of hydrogen-bond donors (Lipinski definition) is 1. The number of amides is 4. The molecule has 0 aliphatic carbocycles. The first kappa shape index (κ1) is 26.5. The van der Waals surface area contributed by atoms with E-state index in [-0.39, 0.29) is 18.9 Å². The summed E-state index contributed by atoms with van der Waals surface area (Å²) >= 11 is 0. The molecule has 4 rings (SSSR count). The maximum absolute atomic E-state index is 13.6. The number of carbonyl (C=O) groups excluding carboxylic acids is 3. The number of anilines is 2. The first-order chi connectivity index (χ1) is 18.4. The first-order valence-corrected chi connectivity index (χ1v) is 12.4. The monoisotopic (exact) mass is 517 g/mol. The summed E-state index contributed by atoms with van der Waals surface area (Å²) in [6.07, 6.45) is 0.696. The van der Waals surface area contributed by atoms with Crippen molar-refractivity contribution >= 4 is 29.2 Å². The van der Waals surface area contributed by atoms with Crippen molar-refractivity contribution in [3.8, 4) is 17.2 Å². The zero-order valence-electron chi connectivity index (χ0n) is 21.7. The lowest BCUT2D eigenvalue weighted by Crippen LogP contribution is -2.37. The Morgan fingerprint density at radius 1 is 0.895 bits per heavy atom. The summed E-state index contributed by atoms with van der Waals surface area (Å²) in [5.74, 6) is 1.04. The van der Waals surface area contributed by atoms with Gasteiger partial charge < -0.3 is 24.4 Å². The quantitative estimate of drug-likeness (QED) is 0.365. The molecule has 4 amide bonds. The molecule has 0 unspecified atom stereocenters. The molecule has 1 aliphatic heterocycles. The summed E-state index contributed by atoms with van der Waals surface area (Å²) < 4.78 is 16.1. The van der Waals surface area contributed by atoms with Gasteiger partial charge >= 0.3 is 6.03 Å². The highest BCUT2D eigenvalue weighted by Crippen LogP contribution is 2.31. The van der Waals surface area contributed by atoms with Crippen LogP contribution in [0.1, 0.15) is 25.3 Å². The number of ether oxygens (including phenoxy) is 3. The average molecular weight is 518 g/mol. The number of nitrogens with one attached hydrogen (secondary N) is 1. The predicted octanol–water partition coefficient (Wildman–Crippen LogP) is 4.86. The van der Waals surface area contributed by atoms with Crippen LogP contribution in [0.25, 0.3) is 0 Å². The molecule has 0 radical (unpaired) electrons. The van der Waals surface area contributed by atoms with Gasteiger partial charge in [0.1, 0.15) is 23.3 Å². The minimum absolute atomic E-state index is 0.149. The number of imide groups is 1. The van der Waals surface area contributed by atoms with E-state index in [2.05, 4.69) is 5.32 Å². The number of hydrogen-bond acceptors (Lipinski definition) is 6. The molecule has 1 fully saturated rings. The van der Waals surface area contributed by atoms with E-state index in [0.717, 1.165) is 16.9 Å². The van der Waals surface area contributed by atoms with Crippen molar-refractivity contribution in [2.75, 3.05) is 31.0 Å². The van der Waals surface area contributed by atoms with Gasteiger partial charge in [0.15, 0.2) is 0 Å². The smallest absolute Gasteiger partial charge is 0.332 e. The zero-order chi connectivity index (χ0) is 27.1. The second kappa shape index (κ2) is 12.1. The highest BCUT2D eigenvalue weighted by molar-refractivity contribution is 6.22. The van der Waals surface area contributed by atoms with Crippen LogP contribution < -0.4 is 24.4 Å². The van der Waals surface area contributed by atoms with Gasteiger partial charge in [-0.05, 0) is 60.5 Å². The van der Waals surface area contributed by atoms with Crippen LogP contribution in [0.15, 0.2) is 72.8 Å². The minimum atomic E-state index is -0.983. The molecular weight excluding hydrogens is 486 g/mol. The lowest BCUT2D eigenvalue weighted by molar-refractivity contribution is -0.124. The summed E-state index contributed by atoms with van der Waals surface area (Å²) in [6.45, 7) is 2.78. The van der Waals surface area contributed by atoms with Gasteiger partial charge in [0, 0.05) is 18.3 Å². The summed E-state index contributed by atoms with van der Waals surface area (Å²) in [6, 6.07) is 19.5. The third-order valence-corrected chi connectivity index (χ3v) is 6.13. The SMILES string of the molecule is CCCOc1ccc(NC(=O)C[C@H]2C(=O)N(c3cccc(OC)c3)C(=O)N2Cc2ccc(OC)cc2)cc1. The molecule has 3 aromatic carbocycles. The Morgan fingerprint density at radius 2 is 1.58 bits per heavy atom. The maximum Gasteiger partial charge on any atom is 0.332 e. The molecule has 1 aliphatic rings. The molecule has 0 bridgehead atoms. The van der Waals surface area contributed by atoms with Gasteiger partial charge in [-0.2, -0.15) is 0 Å². The van der Waals surface area contributed by atoms with Gasteiger partial charge in [0.25, 0.3) is 5.91 Å². The molecule has 0 saturated carbocycles. The van der Waals surface area contributed by atoms with Gasteiger partial charge in [-0.15, -0.1) is 0 Å². The molecule has 0 spiro atoms. The van der Waals surface area contributed by atoms with Gasteiger partial charge in [0.05, 0.1) is 32.9 Å². The lowest BCUT2D eigenvalue weighted by atomic mass is 10.1. The van der Waals surface area contributed by atoms with E-state index in [1.807, 2.05) is 19.1 Å². The normalized spacial score (nSPS) is 15.0. The van der Waals surface area contributed by atoms with E-state index in [1.165, 1.54) is 12.0 Å². The van der Waals surface area contributed by atoms with E-state index >= 15 is 0 Å². The fourth-order valence-electron chi connectivity index (χ4n) is 4.17. The van der Waals surface area contributed by atoms with Crippen LogP contribution in [-0.2, 0) is 16.1 Å².